The van der Waals surface area contributed by atoms with Crippen LogP contribution in [0.1, 0.15) is 19.3 Å². The monoisotopic (exact) mass is 242 g/mol. The quantitative estimate of drug-likeness (QED) is 0.790. The van der Waals surface area contributed by atoms with Crippen molar-refractivity contribution in [3.8, 4) is 5.75 Å². The zero-order valence-electron chi connectivity index (χ0n) is 8.58. The fourth-order valence-electron chi connectivity index (χ4n) is 1.79. The Balaban J connectivity index is 1.90. The van der Waals surface area contributed by atoms with E-state index in [0.29, 0.717) is 5.41 Å². The summed E-state index contributed by atoms with van der Waals surface area (Å²) in [6.45, 7) is 0.776. The SMILES string of the molecule is SCC1(COc2ccc(Cl)cc2)CCC1. The first-order valence-electron chi connectivity index (χ1n) is 5.23. The van der Waals surface area contributed by atoms with Gasteiger partial charge in [0.2, 0.25) is 0 Å². The van der Waals surface area contributed by atoms with Gasteiger partial charge in [-0.3, -0.25) is 0 Å². The number of halogens is 1. The molecule has 1 aromatic rings. The van der Waals surface area contributed by atoms with E-state index in [1.54, 1.807) is 0 Å². The van der Waals surface area contributed by atoms with Crippen LogP contribution in [0, 0.1) is 5.41 Å². The molecule has 0 amide bonds. The fraction of sp³-hybridized carbons (Fsp3) is 0.500. The van der Waals surface area contributed by atoms with Crippen molar-refractivity contribution >= 4 is 24.2 Å². The van der Waals surface area contributed by atoms with E-state index in [9.17, 15) is 0 Å². The summed E-state index contributed by atoms with van der Waals surface area (Å²) in [5.41, 5.74) is 0.322. The van der Waals surface area contributed by atoms with Crippen molar-refractivity contribution in [2.75, 3.05) is 12.4 Å². The van der Waals surface area contributed by atoms with Gasteiger partial charge in [-0.25, -0.2) is 0 Å². The van der Waals surface area contributed by atoms with E-state index in [2.05, 4.69) is 12.6 Å². The molecular formula is C12H15ClOS. The van der Waals surface area contributed by atoms with Gasteiger partial charge in [0.25, 0.3) is 0 Å². The lowest BCUT2D eigenvalue weighted by Gasteiger charge is -2.40. The van der Waals surface area contributed by atoms with Crippen LogP contribution in [-0.2, 0) is 0 Å². The molecular weight excluding hydrogens is 228 g/mol. The molecule has 0 saturated heterocycles. The van der Waals surface area contributed by atoms with Crippen molar-refractivity contribution in [2.24, 2.45) is 5.41 Å². The van der Waals surface area contributed by atoms with E-state index in [0.717, 1.165) is 23.1 Å². The third-order valence-electron chi connectivity index (χ3n) is 3.11. The average molecular weight is 243 g/mol. The van der Waals surface area contributed by atoms with Crippen molar-refractivity contribution < 1.29 is 4.74 Å². The second kappa shape index (κ2) is 4.67. The molecule has 2 rings (SSSR count). The maximum Gasteiger partial charge on any atom is 0.119 e. The molecule has 0 radical (unpaired) electrons. The summed E-state index contributed by atoms with van der Waals surface area (Å²) in [5, 5.41) is 0.745. The highest BCUT2D eigenvalue weighted by Gasteiger charge is 2.36. The second-order valence-electron chi connectivity index (χ2n) is 4.25. The minimum absolute atomic E-state index is 0.322. The minimum Gasteiger partial charge on any atom is -0.493 e. The maximum atomic E-state index is 5.80. The van der Waals surface area contributed by atoms with Gasteiger partial charge in [0.05, 0.1) is 6.61 Å². The molecule has 0 bridgehead atoms. The van der Waals surface area contributed by atoms with Gasteiger partial charge in [-0.15, -0.1) is 0 Å². The van der Waals surface area contributed by atoms with Crippen LogP contribution in [0.15, 0.2) is 24.3 Å². The van der Waals surface area contributed by atoms with Crippen LogP contribution in [0.5, 0.6) is 5.75 Å². The topological polar surface area (TPSA) is 9.23 Å². The Kier molecular flexibility index (Phi) is 3.47. The van der Waals surface area contributed by atoms with Gasteiger partial charge >= 0.3 is 0 Å². The average Bonchev–Trinajstić information content (AvgIpc) is 2.20. The van der Waals surface area contributed by atoms with Gasteiger partial charge in [-0.2, -0.15) is 12.6 Å². The molecule has 1 aliphatic carbocycles. The van der Waals surface area contributed by atoms with Crippen LogP contribution >= 0.6 is 24.2 Å². The third-order valence-corrected chi connectivity index (χ3v) is 4.03. The van der Waals surface area contributed by atoms with E-state index in [1.165, 1.54) is 19.3 Å². The fourth-order valence-corrected chi connectivity index (χ4v) is 2.33. The first-order valence-corrected chi connectivity index (χ1v) is 6.24. The summed E-state index contributed by atoms with van der Waals surface area (Å²) in [6, 6.07) is 7.52. The molecule has 1 saturated carbocycles. The summed E-state index contributed by atoms with van der Waals surface area (Å²) in [4.78, 5) is 0. The molecule has 1 aliphatic rings. The lowest BCUT2D eigenvalue weighted by Crippen LogP contribution is -2.37. The van der Waals surface area contributed by atoms with Crippen LogP contribution < -0.4 is 4.74 Å². The number of benzene rings is 1. The molecule has 1 nitrogen and oxygen atoms in total. The number of hydrogen-bond acceptors (Lipinski definition) is 2. The van der Waals surface area contributed by atoms with Gasteiger partial charge in [0, 0.05) is 10.4 Å². The van der Waals surface area contributed by atoms with Gasteiger partial charge in [0.1, 0.15) is 5.75 Å². The molecule has 0 spiro atoms. The zero-order chi connectivity index (χ0) is 10.7. The van der Waals surface area contributed by atoms with Crippen LogP contribution in [0.4, 0.5) is 0 Å². The lowest BCUT2D eigenvalue weighted by molar-refractivity contribution is 0.0830. The number of rotatable bonds is 4. The van der Waals surface area contributed by atoms with Crippen molar-refractivity contribution in [3.63, 3.8) is 0 Å². The lowest BCUT2D eigenvalue weighted by atomic mass is 9.71. The van der Waals surface area contributed by atoms with Gasteiger partial charge in [-0.1, -0.05) is 18.0 Å². The molecule has 0 aliphatic heterocycles. The number of thiol groups is 1. The molecule has 1 aromatic carbocycles. The first-order chi connectivity index (χ1) is 7.24. The third kappa shape index (κ3) is 2.61. The molecule has 0 atom stereocenters. The Bertz CT molecular complexity index is 313. The number of hydrogen-bond donors (Lipinski definition) is 1. The van der Waals surface area contributed by atoms with E-state index < -0.39 is 0 Å². The van der Waals surface area contributed by atoms with Crippen LogP contribution in [-0.4, -0.2) is 12.4 Å². The van der Waals surface area contributed by atoms with Crippen molar-refractivity contribution in [3.05, 3.63) is 29.3 Å². The Morgan fingerprint density at radius 1 is 1.27 bits per heavy atom. The summed E-state index contributed by atoms with van der Waals surface area (Å²) in [5.74, 6) is 1.81. The summed E-state index contributed by atoms with van der Waals surface area (Å²) in [6.07, 6.45) is 3.79. The Morgan fingerprint density at radius 2 is 1.93 bits per heavy atom. The van der Waals surface area contributed by atoms with E-state index in [1.807, 2.05) is 24.3 Å². The van der Waals surface area contributed by atoms with Crippen LogP contribution in [0.25, 0.3) is 0 Å². The van der Waals surface area contributed by atoms with Gasteiger partial charge < -0.3 is 4.74 Å². The van der Waals surface area contributed by atoms with E-state index in [4.69, 9.17) is 16.3 Å². The van der Waals surface area contributed by atoms with Crippen molar-refractivity contribution in [2.45, 2.75) is 19.3 Å². The molecule has 0 unspecified atom stereocenters. The molecule has 15 heavy (non-hydrogen) atoms. The van der Waals surface area contributed by atoms with Crippen LogP contribution in [0.2, 0.25) is 5.02 Å². The predicted octanol–water partition coefficient (Wildman–Crippen LogP) is 3.82. The highest BCUT2D eigenvalue weighted by Crippen LogP contribution is 2.42. The molecule has 82 valence electrons. The first kappa shape index (κ1) is 11.2. The molecule has 0 aromatic heterocycles. The highest BCUT2D eigenvalue weighted by atomic mass is 35.5. The van der Waals surface area contributed by atoms with Crippen molar-refractivity contribution in [1.29, 1.82) is 0 Å². The second-order valence-corrected chi connectivity index (χ2v) is 5.01. The largest absolute Gasteiger partial charge is 0.493 e. The Labute approximate surface area is 101 Å². The molecule has 0 N–H and O–H groups in total. The van der Waals surface area contributed by atoms with Crippen LogP contribution in [0.3, 0.4) is 0 Å². The Morgan fingerprint density at radius 3 is 2.40 bits per heavy atom. The van der Waals surface area contributed by atoms with E-state index >= 15 is 0 Å². The maximum absolute atomic E-state index is 5.80. The van der Waals surface area contributed by atoms with Gasteiger partial charge in [0.15, 0.2) is 0 Å². The minimum atomic E-state index is 0.322. The molecule has 0 heterocycles. The zero-order valence-corrected chi connectivity index (χ0v) is 10.2. The predicted molar refractivity (Wildman–Crippen MR) is 67.1 cm³/mol. The van der Waals surface area contributed by atoms with E-state index in [-0.39, 0.29) is 0 Å². The standard InChI is InChI=1S/C12H15ClOS/c13-10-2-4-11(5-3-10)14-8-12(9-15)6-1-7-12/h2-5,15H,1,6-9H2. The smallest absolute Gasteiger partial charge is 0.119 e. The summed E-state index contributed by atoms with van der Waals surface area (Å²) in [7, 11) is 0. The normalized spacial score (nSPS) is 18.3. The molecule has 1 fully saturated rings. The van der Waals surface area contributed by atoms with Gasteiger partial charge in [-0.05, 0) is 42.9 Å². The number of ether oxygens (including phenoxy) is 1. The summed E-state index contributed by atoms with van der Waals surface area (Å²) < 4.78 is 5.75. The molecule has 3 heteroatoms. The highest BCUT2D eigenvalue weighted by molar-refractivity contribution is 7.80. The Hall–Kier alpha value is -0.340. The van der Waals surface area contributed by atoms with Crippen molar-refractivity contribution in [1.82, 2.24) is 0 Å². The summed E-state index contributed by atoms with van der Waals surface area (Å²) >= 11 is 10.2.